The van der Waals surface area contributed by atoms with Crippen LogP contribution in [0, 0.1) is 11.3 Å². The van der Waals surface area contributed by atoms with Crippen LogP contribution in [0.25, 0.3) is 0 Å². The lowest BCUT2D eigenvalue weighted by Gasteiger charge is -1.96. The Hall–Kier alpha value is -1.43. The van der Waals surface area contributed by atoms with Crippen LogP contribution in [0.3, 0.4) is 0 Å². The number of hydrogen-bond acceptors (Lipinski definition) is 5. The van der Waals surface area contributed by atoms with Gasteiger partial charge in [0.1, 0.15) is 0 Å². The van der Waals surface area contributed by atoms with Crippen molar-refractivity contribution >= 4 is 5.97 Å². The highest BCUT2D eigenvalue weighted by molar-refractivity contribution is 5.77. The van der Waals surface area contributed by atoms with Gasteiger partial charge in [-0.2, -0.15) is 4.98 Å². The molecule has 0 aliphatic heterocycles. The molecule has 1 fully saturated rings. The van der Waals surface area contributed by atoms with E-state index in [2.05, 4.69) is 10.1 Å². The Morgan fingerprint density at radius 2 is 2.29 bits per heavy atom. The van der Waals surface area contributed by atoms with Crippen LogP contribution in [-0.4, -0.2) is 34.9 Å². The van der Waals surface area contributed by atoms with Crippen LogP contribution in [0.4, 0.5) is 0 Å². The Morgan fingerprint density at radius 1 is 1.59 bits per heavy atom. The minimum atomic E-state index is -0.809. The first-order valence-corrected chi connectivity index (χ1v) is 5.52. The first kappa shape index (κ1) is 12.0. The van der Waals surface area contributed by atoms with Crippen molar-refractivity contribution in [2.75, 3.05) is 13.7 Å². The van der Waals surface area contributed by atoms with Gasteiger partial charge in [-0.05, 0) is 5.41 Å². The van der Waals surface area contributed by atoms with E-state index in [1.165, 1.54) is 0 Å². The molecule has 2 rings (SSSR count). The van der Waals surface area contributed by atoms with E-state index in [-0.39, 0.29) is 11.3 Å². The van der Waals surface area contributed by atoms with Gasteiger partial charge in [0.25, 0.3) is 0 Å². The molecule has 17 heavy (non-hydrogen) atoms. The van der Waals surface area contributed by atoms with Gasteiger partial charge in [-0.3, -0.25) is 4.79 Å². The molecule has 0 aromatic carbocycles. The monoisotopic (exact) mass is 240 g/mol. The molecule has 1 aromatic rings. The Balaban J connectivity index is 2.09. The van der Waals surface area contributed by atoms with Crippen molar-refractivity contribution < 1.29 is 19.2 Å². The van der Waals surface area contributed by atoms with E-state index < -0.39 is 11.9 Å². The molecule has 2 atom stereocenters. The summed E-state index contributed by atoms with van der Waals surface area (Å²) in [7, 11) is 1.60. The first-order valence-electron chi connectivity index (χ1n) is 5.52. The molecule has 0 radical (unpaired) electrons. The average molecular weight is 240 g/mol. The zero-order valence-corrected chi connectivity index (χ0v) is 10.1. The van der Waals surface area contributed by atoms with Gasteiger partial charge in [-0.15, -0.1) is 0 Å². The Morgan fingerprint density at radius 3 is 2.82 bits per heavy atom. The van der Waals surface area contributed by atoms with Gasteiger partial charge in [-0.1, -0.05) is 19.0 Å². The van der Waals surface area contributed by atoms with Crippen molar-refractivity contribution in [1.29, 1.82) is 0 Å². The van der Waals surface area contributed by atoms with Crippen LogP contribution in [0.15, 0.2) is 4.52 Å². The lowest BCUT2D eigenvalue weighted by Crippen LogP contribution is -2.03. The Labute approximate surface area is 99.0 Å². The number of rotatable bonds is 5. The summed E-state index contributed by atoms with van der Waals surface area (Å²) >= 11 is 0. The molecule has 94 valence electrons. The minimum Gasteiger partial charge on any atom is -0.481 e. The number of carbonyl (C=O) groups is 1. The summed E-state index contributed by atoms with van der Waals surface area (Å²) in [6.45, 7) is 4.32. The van der Waals surface area contributed by atoms with Crippen LogP contribution in [0.1, 0.15) is 31.5 Å². The lowest BCUT2D eigenvalue weighted by atomic mass is 10.1. The van der Waals surface area contributed by atoms with Gasteiger partial charge < -0.3 is 14.4 Å². The maximum atomic E-state index is 11.0. The third-order valence-corrected chi connectivity index (χ3v) is 3.37. The molecule has 0 amide bonds. The van der Waals surface area contributed by atoms with E-state index in [0.717, 1.165) is 0 Å². The average Bonchev–Trinajstić information content (AvgIpc) is 2.63. The molecule has 1 heterocycles. The summed E-state index contributed by atoms with van der Waals surface area (Å²) in [5.74, 6) is -0.430. The quantitative estimate of drug-likeness (QED) is 0.829. The first-order chi connectivity index (χ1) is 7.98. The summed E-state index contributed by atoms with van der Waals surface area (Å²) in [6, 6.07) is 0. The summed E-state index contributed by atoms with van der Waals surface area (Å²) in [5.41, 5.74) is -0.309. The van der Waals surface area contributed by atoms with Gasteiger partial charge in [0.15, 0.2) is 5.82 Å². The summed E-state index contributed by atoms with van der Waals surface area (Å²) in [5, 5.41) is 12.9. The molecule has 1 N–H and O–H groups in total. The third-order valence-electron chi connectivity index (χ3n) is 3.37. The number of carboxylic acids is 1. The van der Waals surface area contributed by atoms with E-state index in [1.54, 1.807) is 7.11 Å². The van der Waals surface area contributed by atoms with Crippen molar-refractivity contribution in [2.24, 2.45) is 11.3 Å². The number of hydrogen-bond donors (Lipinski definition) is 1. The van der Waals surface area contributed by atoms with Crippen LogP contribution in [-0.2, 0) is 16.0 Å². The minimum absolute atomic E-state index is 0.177. The predicted octanol–water partition coefficient (Wildman–Crippen LogP) is 1.08. The smallest absolute Gasteiger partial charge is 0.307 e. The SMILES string of the molecule is COCCc1noc(C2C(C(=O)O)C2(C)C)n1. The molecule has 6 heteroatoms. The molecular formula is C11H16N2O4. The van der Waals surface area contributed by atoms with Gasteiger partial charge in [0, 0.05) is 13.5 Å². The Kier molecular flexibility index (Phi) is 2.91. The molecular weight excluding hydrogens is 224 g/mol. The molecule has 6 nitrogen and oxygen atoms in total. The summed E-state index contributed by atoms with van der Waals surface area (Å²) in [4.78, 5) is 15.2. The van der Waals surface area contributed by atoms with Gasteiger partial charge >= 0.3 is 5.97 Å². The number of aliphatic carboxylic acids is 1. The van der Waals surface area contributed by atoms with E-state index >= 15 is 0 Å². The second-order valence-corrected chi connectivity index (χ2v) is 4.91. The number of nitrogens with zero attached hydrogens (tertiary/aromatic N) is 2. The van der Waals surface area contributed by atoms with Crippen LogP contribution in [0.2, 0.25) is 0 Å². The fraction of sp³-hybridized carbons (Fsp3) is 0.727. The van der Waals surface area contributed by atoms with Crippen molar-refractivity contribution in [3.63, 3.8) is 0 Å². The van der Waals surface area contributed by atoms with E-state index in [1.807, 2.05) is 13.8 Å². The molecule has 2 unspecified atom stereocenters. The summed E-state index contributed by atoms with van der Waals surface area (Å²) in [6.07, 6.45) is 0.574. The van der Waals surface area contributed by atoms with Crippen LogP contribution < -0.4 is 0 Å². The third kappa shape index (κ3) is 2.04. The zero-order chi connectivity index (χ0) is 12.6. The second kappa shape index (κ2) is 4.10. The lowest BCUT2D eigenvalue weighted by molar-refractivity contribution is -0.139. The molecule has 1 aromatic heterocycles. The fourth-order valence-electron chi connectivity index (χ4n) is 2.25. The fourth-order valence-corrected chi connectivity index (χ4v) is 2.25. The summed E-state index contributed by atoms with van der Waals surface area (Å²) < 4.78 is 10.0. The predicted molar refractivity (Wildman–Crippen MR) is 57.5 cm³/mol. The highest BCUT2D eigenvalue weighted by atomic mass is 16.5. The van der Waals surface area contributed by atoms with Crippen LogP contribution in [0.5, 0.6) is 0 Å². The number of methoxy groups -OCH3 is 1. The Bertz CT molecular complexity index is 427. The second-order valence-electron chi connectivity index (χ2n) is 4.91. The van der Waals surface area contributed by atoms with Crippen molar-refractivity contribution in [1.82, 2.24) is 10.1 Å². The molecule has 0 spiro atoms. The number of carboxylic acid groups (broad SMARTS) is 1. The number of aromatic nitrogens is 2. The van der Waals surface area contributed by atoms with E-state index in [4.69, 9.17) is 14.4 Å². The molecule has 1 saturated carbocycles. The van der Waals surface area contributed by atoms with Gasteiger partial charge in [0.2, 0.25) is 5.89 Å². The van der Waals surface area contributed by atoms with E-state index in [0.29, 0.717) is 24.7 Å². The maximum Gasteiger partial charge on any atom is 0.307 e. The standard InChI is InChI=1S/C11H16N2O4/c1-11(2)7(8(11)10(14)15)9-12-6(13-17-9)4-5-16-3/h7-8H,4-5H2,1-3H3,(H,14,15). The van der Waals surface area contributed by atoms with Crippen molar-refractivity contribution in [3.05, 3.63) is 11.7 Å². The maximum absolute atomic E-state index is 11.0. The zero-order valence-electron chi connectivity index (χ0n) is 10.1. The molecule has 0 bridgehead atoms. The normalized spacial score (nSPS) is 25.8. The highest BCUT2D eigenvalue weighted by Gasteiger charge is 2.65. The van der Waals surface area contributed by atoms with Crippen molar-refractivity contribution in [2.45, 2.75) is 26.2 Å². The molecule has 1 aliphatic rings. The topological polar surface area (TPSA) is 85.5 Å². The van der Waals surface area contributed by atoms with Gasteiger partial charge in [-0.25, -0.2) is 0 Å². The van der Waals surface area contributed by atoms with Gasteiger partial charge in [0.05, 0.1) is 18.4 Å². The highest BCUT2D eigenvalue weighted by Crippen LogP contribution is 2.63. The largest absolute Gasteiger partial charge is 0.481 e. The molecule has 1 aliphatic carbocycles. The number of ether oxygens (including phenoxy) is 1. The molecule has 0 saturated heterocycles. The van der Waals surface area contributed by atoms with Crippen LogP contribution >= 0.6 is 0 Å². The van der Waals surface area contributed by atoms with Crippen molar-refractivity contribution in [3.8, 4) is 0 Å². The van der Waals surface area contributed by atoms with E-state index in [9.17, 15) is 4.79 Å².